The largest absolute Gasteiger partial charge is 0.463 e. The molecule has 0 bridgehead atoms. The second-order valence-electron chi connectivity index (χ2n) is 4.02. The Morgan fingerprint density at radius 1 is 1.33 bits per heavy atom. The minimum Gasteiger partial charge on any atom is -0.463 e. The SMILES string of the molecule is CCc1ccc(S(=O)(=O)Nc2nc(C(=O)OC)ns2)cc1. The van der Waals surface area contributed by atoms with E-state index in [9.17, 15) is 13.2 Å². The average molecular weight is 327 g/mol. The third kappa shape index (κ3) is 3.56. The fourth-order valence-corrected chi connectivity index (χ4v) is 3.30. The molecule has 0 aliphatic rings. The van der Waals surface area contributed by atoms with Crippen molar-refractivity contribution in [2.75, 3.05) is 11.8 Å². The number of anilines is 1. The van der Waals surface area contributed by atoms with Gasteiger partial charge in [-0.1, -0.05) is 19.1 Å². The number of benzene rings is 1. The lowest BCUT2D eigenvalue weighted by Crippen LogP contribution is -2.13. The van der Waals surface area contributed by atoms with Gasteiger partial charge in [-0.2, -0.15) is 9.36 Å². The molecule has 9 heteroatoms. The minimum absolute atomic E-state index is 0.00923. The van der Waals surface area contributed by atoms with E-state index in [1.54, 1.807) is 12.1 Å². The summed E-state index contributed by atoms with van der Waals surface area (Å²) >= 11 is 0.770. The highest BCUT2D eigenvalue weighted by molar-refractivity contribution is 7.93. The number of sulfonamides is 1. The van der Waals surface area contributed by atoms with Gasteiger partial charge in [-0.3, -0.25) is 4.72 Å². The van der Waals surface area contributed by atoms with Crippen LogP contribution in [0.1, 0.15) is 23.1 Å². The summed E-state index contributed by atoms with van der Waals surface area (Å²) in [4.78, 5) is 15.1. The van der Waals surface area contributed by atoms with Gasteiger partial charge in [0.1, 0.15) is 0 Å². The van der Waals surface area contributed by atoms with Crippen LogP contribution in [0.4, 0.5) is 5.13 Å². The maximum atomic E-state index is 12.2. The summed E-state index contributed by atoms with van der Waals surface area (Å²) in [6, 6.07) is 6.52. The number of hydrogen-bond acceptors (Lipinski definition) is 7. The van der Waals surface area contributed by atoms with Crippen LogP contribution in [0.15, 0.2) is 29.2 Å². The Bertz CT molecular complexity index is 738. The van der Waals surface area contributed by atoms with E-state index in [2.05, 4.69) is 18.8 Å². The van der Waals surface area contributed by atoms with Crippen LogP contribution >= 0.6 is 11.5 Å². The first-order valence-corrected chi connectivity index (χ1v) is 8.25. The van der Waals surface area contributed by atoms with Gasteiger partial charge < -0.3 is 4.74 Å². The van der Waals surface area contributed by atoms with Crippen molar-refractivity contribution in [1.82, 2.24) is 9.36 Å². The van der Waals surface area contributed by atoms with Crippen LogP contribution in [0, 0.1) is 0 Å². The number of nitrogens with one attached hydrogen (secondary N) is 1. The number of carbonyl (C=O) groups excluding carboxylic acids is 1. The first-order valence-electron chi connectivity index (χ1n) is 6.00. The molecule has 0 unspecified atom stereocenters. The van der Waals surface area contributed by atoms with Crippen molar-refractivity contribution in [2.45, 2.75) is 18.2 Å². The maximum absolute atomic E-state index is 12.2. The first kappa shape index (κ1) is 15.4. The molecular weight excluding hydrogens is 314 g/mol. The Hall–Kier alpha value is -2.00. The van der Waals surface area contributed by atoms with Gasteiger partial charge in [-0.25, -0.2) is 13.2 Å². The lowest BCUT2D eigenvalue weighted by Gasteiger charge is -2.05. The zero-order chi connectivity index (χ0) is 15.5. The number of ether oxygens (including phenoxy) is 1. The highest BCUT2D eigenvalue weighted by Gasteiger charge is 2.19. The Morgan fingerprint density at radius 3 is 2.57 bits per heavy atom. The summed E-state index contributed by atoms with van der Waals surface area (Å²) in [5, 5.41) is 0.00923. The normalized spacial score (nSPS) is 11.1. The fourth-order valence-electron chi connectivity index (χ4n) is 1.52. The van der Waals surface area contributed by atoms with Crippen LogP contribution in [0.5, 0.6) is 0 Å². The molecule has 112 valence electrons. The Morgan fingerprint density at radius 2 is 2.00 bits per heavy atom. The van der Waals surface area contributed by atoms with E-state index in [-0.39, 0.29) is 15.9 Å². The number of esters is 1. The van der Waals surface area contributed by atoms with Crippen LogP contribution in [-0.4, -0.2) is 30.9 Å². The lowest BCUT2D eigenvalue weighted by atomic mass is 10.2. The predicted molar refractivity (Wildman–Crippen MR) is 77.9 cm³/mol. The highest BCUT2D eigenvalue weighted by Crippen LogP contribution is 2.18. The van der Waals surface area contributed by atoms with Crippen molar-refractivity contribution in [3.05, 3.63) is 35.7 Å². The standard InChI is InChI=1S/C12H13N3O4S2/c1-3-8-4-6-9(7-5-8)21(17,18)15-12-13-10(14-20-12)11(16)19-2/h4-7H,3H2,1-2H3,(H,13,14,15). The summed E-state index contributed by atoms with van der Waals surface area (Å²) in [6.07, 6.45) is 0.826. The zero-order valence-corrected chi connectivity index (χ0v) is 13.0. The number of carbonyl (C=O) groups is 1. The van der Waals surface area contributed by atoms with Crippen LogP contribution in [0.3, 0.4) is 0 Å². The fraction of sp³-hybridized carbons (Fsp3) is 0.250. The van der Waals surface area contributed by atoms with E-state index in [1.165, 1.54) is 19.2 Å². The molecule has 0 atom stereocenters. The number of aryl methyl sites for hydroxylation is 1. The molecule has 7 nitrogen and oxygen atoms in total. The predicted octanol–water partition coefficient (Wildman–Crippen LogP) is 1.69. The third-order valence-corrected chi connectivity index (χ3v) is 4.77. The number of rotatable bonds is 5. The van der Waals surface area contributed by atoms with Crippen molar-refractivity contribution >= 4 is 32.7 Å². The second-order valence-corrected chi connectivity index (χ2v) is 6.45. The average Bonchev–Trinajstić information content (AvgIpc) is 2.94. The minimum atomic E-state index is -3.75. The van der Waals surface area contributed by atoms with Gasteiger partial charge in [-0.05, 0) is 24.1 Å². The quantitative estimate of drug-likeness (QED) is 0.839. The summed E-state index contributed by atoms with van der Waals surface area (Å²) in [5.41, 5.74) is 1.04. The van der Waals surface area contributed by atoms with Gasteiger partial charge in [0.15, 0.2) is 0 Å². The van der Waals surface area contributed by atoms with Crippen LogP contribution in [-0.2, 0) is 21.2 Å². The zero-order valence-electron chi connectivity index (χ0n) is 11.4. The molecule has 1 heterocycles. The smallest absolute Gasteiger partial charge is 0.377 e. The van der Waals surface area contributed by atoms with Crippen LogP contribution < -0.4 is 4.72 Å². The molecule has 0 saturated carbocycles. The maximum Gasteiger partial charge on any atom is 0.377 e. The lowest BCUT2D eigenvalue weighted by molar-refractivity contribution is 0.0588. The molecule has 1 N–H and O–H groups in total. The molecular formula is C12H13N3O4S2. The van der Waals surface area contributed by atoms with Crippen LogP contribution in [0.25, 0.3) is 0 Å². The van der Waals surface area contributed by atoms with Gasteiger partial charge >= 0.3 is 5.97 Å². The van der Waals surface area contributed by atoms with E-state index < -0.39 is 16.0 Å². The van der Waals surface area contributed by atoms with Gasteiger partial charge in [0, 0.05) is 11.5 Å². The Balaban J connectivity index is 2.20. The summed E-state index contributed by atoms with van der Waals surface area (Å²) in [6.45, 7) is 1.98. The molecule has 1 aromatic carbocycles. The summed E-state index contributed by atoms with van der Waals surface area (Å²) in [5.74, 6) is -0.898. The molecule has 0 fully saturated rings. The monoisotopic (exact) mass is 327 g/mol. The molecule has 2 aromatic rings. The molecule has 2 rings (SSSR count). The van der Waals surface area contributed by atoms with Gasteiger partial charge in [0.25, 0.3) is 15.8 Å². The molecule has 21 heavy (non-hydrogen) atoms. The van der Waals surface area contributed by atoms with E-state index in [1.807, 2.05) is 6.92 Å². The summed E-state index contributed by atoms with van der Waals surface area (Å²) < 4.78 is 34.8. The van der Waals surface area contributed by atoms with E-state index in [4.69, 9.17) is 0 Å². The number of methoxy groups -OCH3 is 1. The number of hydrogen-bond donors (Lipinski definition) is 1. The highest BCUT2D eigenvalue weighted by atomic mass is 32.2. The molecule has 1 aromatic heterocycles. The van der Waals surface area contributed by atoms with E-state index in [0.29, 0.717) is 0 Å². The second kappa shape index (κ2) is 6.19. The van der Waals surface area contributed by atoms with Gasteiger partial charge in [0.05, 0.1) is 12.0 Å². The molecule has 0 saturated heterocycles. The van der Waals surface area contributed by atoms with Crippen molar-refractivity contribution in [3.8, 4) is 0 Å². The molecule has 0 spiro atoms. The molecule has 0 amide bonds. The number of aromatic nitrogens is 2. The molecule has 0 radical (unpaired) electrons. The topological polar surface area (TPSA) is 98.2 Å². The van der Waals surface area contributed by atoms with Crippen molar-refractivity contribution in [1.29, 1.82) is 0 Å². The number of nitrogens with zero attached hydrogens (tertiary/aromatic N) is 2. The van der Waals surface area contributed by atoms with Crippen molar-refractivity contribution < 1.29 is 17.9 Å². The van der Waals surface area contributed by atoms with Crippen molar-refractivity contribution in [2.24, 2.45) is 0 Å². The molecule has 0 aliphatic heterocycles. The van der Waals surface area contributed by atoms with Gasteiger partial charge in [0.2, 0.25) is 5.13 Å². The molecule has 0 aliphatic carbocycles. The van der Waals surface area contributed by atoms with E-state index >= 15 is 0 Å². The Kier molecular flexibility index (Phi) is 4.53. The van der Waals surface area contributed by atoms with Crippen molar-refractivity contribution in [3.63, 3.8) is 0 Å². The van der Waals surface area contributed by atoms with Crippen LogP contribution in [0.2, 0.25) is 0 Å². The first-order chi connectivity index (χ1) is 9.96. The van der Waals surface area contributed by atoms with Gasteiger partial charge in [-0.15, -0.1) is 0 Å². The van der Waals surface area contributed by atoms with E-state index in [0.717, 1.165) is 23.5 Å². The summed E-state index contributed by atoms with van der Waals surface area (Å²) in [7, 11) is -2.55. The Labute approximate surface area is 126 Å². The third-order valence-electron chi connectivity index (χ3n) is 2.66.